The quantitative estimate of drug-likeness (QED) is 0.582. The Bertz CT molecular complexity index is 1050. The van der Waals surface area contributed by atoms with Gasteiger partial charge in [0.1, 0.15) is 6.10 Å². The minimum absolute atomic E-state index is 0.168. The summed E-state index contributed by atoms with van der Waals surface area (Å²) in [6.45, 7) is 2.61. The van der Waals surface area contributed by atoms with Crippen LogP contribution >= 0.6 is 11.3 Å². The molecule has 3 aromatic rings. The summed E-state index contributed by atoms with van der Waals surface area (Å²) in [5, 5.41) is 20.0. The number of aliphatic hydroxyl groups is 1. The lowest BCUT2D eigenvalue weighted by Crippen LogP contribution is -2.46. The number of likely N-dealkylation sites (tertiary alicyclic amines) is 1. The van der Waals surface area contributed by atoms with Crippen LogP contribution in [0.25, 0.3) is 10.6 Å². The van der Waals surface area contributed by atoms with Gasteiger partial charge in [-0.25, -0.2) is 0 Å². The van der Waals surface area contributed by atoms with Crippen LogP contribution in [0.2, 0.25) is 0 Å². The molecule has 1 aromatic carbocycles. The zero-order chi connectivity index (χ0) is 21.2. The van der Waals surface area contributed by atoms with Gasteiger partial charge in [-0.05, 0) is 55.1 Å². The molecule has 1 saturated heterocycles. The van der Waals surface area contributed by atoms with Crippen molar-refractivity contribution < 1.29 is 23.9 Å². The van der Waals surface area contributed by atoms with E-state index < -0.39 is 12.1 Å². The third kappa shape index (κ3) is 4.30. The number of amides is 1. The van der Waals surface area contributed by atoms with E-state index in [0.29, 0.717) is 29.4 Å². The Morgan fingerprint density at radius 3 is 2.84 bits per heavy atom. The van der Waals surface area contributed by atoms with E-state index in [-0.39, 0.29) is 18.4 Å². The maximum absolute atomic E-state index is 12.9. The van der Waals surface area contributed by atoms with Crippen molar-refractivity contribution in [3.05, 3.63) is 53.0 Å². The van der Waals surface area contributed by atoms with Crippen molar-refractivity contribution in [2.45, 2.75) is 25.0 Å². The molecule has 1 amide bonds. The van der Waals surface area contributed by atoms with Gasteiger partial charge in [-0.15, -0.1) is 11.3 Å². The summed E-state index contributed by atoms with van der Waals surface area (Å²) < 4.78 is 16.1. The van der Waals surface area contributed by atoms with Gasteiger partial charge in [0.2, 0.25) is 6.79 Å². The molecular weight excluding hydrogens is 418 g/mol. The van der Waals surface area contributed by atoms with Gasteiger partial charge in [0.25, 0.3) is 5.91 Å². The smallest absolute Gasteiger partial charge is 0.273 e. The second-order valence-corrected chi connectivity index (χ2v) is 8.65. The highest BCUT2D eigenvalue weighted by molar-refractivity contribution is 7.13. The number of carbonyl (C=O) groups is 1. The minimum atomic E-state index is -0.914. The number of nitrogens with zero attached hydrogens (tertiary/aromatic N) is 2. The Hall–Kier alpha value is -2.88. The van der Waals surface area contributed by atoms with E-state index in [2.05, 4.69) is 15.4 Å². The monoisotopic (exact) mass is 441 g/mol. The summed E-state index contributed by atoms with van der Waals surface area (Å²) in [7, 11) is 0. The lowest BCUT2D eigenvalue weighted by molar-refractivity contribution is 0.0765. The SMILES string of the molecule is O=C(N[C@H](CN1CCCC1)[C@H](O)c1ccc2c(c1)OCO2)c1cc(-c2cccs2)on1. The Kier molecular flexibility index (Phi) is 5.63. The summed E-state index contributed by atoms with van der Waals surface area (Å²) in [6, 6.07) is 10.3. The Balaban J connectivity index is 1.35. The van der Waals surface area contributed by atoms with Gasteiger partial charge < -0.3 is 29.3 Å². The number of carbonyl (C=O) groups excluding carboxylic acids is 1. The maximum Gasteiger partial charge on any atom is 0.273 e. The molecule has 0 bridgehead atoms. The van der Waals surface area contributed by atoms with Gasteiger partial charge in [0, 0.05) is 12.6 Å². The molecule has 9 heteroatoms. The van der Waals surface area contributed by atoms with Crippen molar-refractivity contribution in [1.82, 2.24) is 15.4 Å². The average molecular weight is 442 g/mol. The van der Waals surface area contributed by atoms with Gasteiger partial charge in [-0.1, -0.05) is 17.3 Å². The number of thiophene rings is 1. The summed E-state index contributed by atoms with van der Waals surface area (Å²) in [5.41, 5.74) is 0.848. The lowest BCUT2D eigenvalue weighted by Gasteiger charge is -2.28. The van der Waals surface area contributed by atoms with Crippen LogP contribution in [-0.2, 0) is 0 Å². The van der Waals surface area contributed by atoms with Crippen LogP contribution in [0.15, 0.2) is 46.3 Å². The first kappa shape index (κ1) is 20.0. The molecular formula is C22H23N3O5S. The van der Waals surface area contributed by atoms with Crippen molar-refractivity contribution in [2.75, 3.05) is 26.4 Å². The number of nitrogens with one attached hydrogen (secondary N) is 1. The van der Waals surface area contributed by atoms with Gasteiger partial charge >= 0.3 is 0 Å². The average Bonchev–Trinajstić information content (AvgIpc) is 3.58. The third-order valence-corrected chi connectivity index (χ3v) is 6.48. The first-order valence-corrected chi connectivity index (χ1v) is 11.2. The van der Waals surface area contributed by atoms with Crippen LogP contribution in [-0.4, -0.2) is 53.5 Å². The highest BCUT2D eigenvalue weighted by Crippen LogP contribution is 2.35. The van der Waals surface area contributed by atoms with Crippen molar-refractivity contribution in [3.63, 3.8) is 0 Å². The first-order chi connectivity index (χ1) is 15.2. The molecule has 162 valence electrons. The molecule has 2 atom stereocenters. The number of benzene rings is 1. The molecule has 1 fully saturated rings. The Morgan fingerprint density at radius 1 is 1.19 bits per heavy atom. The van der Waals surface area contributed by atoms with E-state index in [1.165, 1.54) is 11.3 Å². The molecule has 31 heavy (non-hydrogen) atoms. The molecule has 4 heterocycles. The van der Waals surface area contributed by atoms with Crippen LogP contribution in [0.1, 0.15) is 35.0 Å². The van der Waals surface area contributed by atoms with E-state index in [4.69, 9.17) is 14.0 Å². The second-order valence-electron chi connectivity index (χ2n) is 7.70. The van der Waals surface area contributed by atoms with Crippen molar-refractivity contribution >= 4 is 17.2 Å². The molecule has 2 N–H and O–H groups in total. The standard InChI is InChI=1S/C22H23N3O5S/c26-21(14-5-6-17-18(10-14)29-13-28-17)16(12-25-7-1-2-8-25)23-22(27)15-11-19(30-24-15)20-4-3-9-31-20/h3-6,9-11,16,21,26H,1-2,7-8,12-13H2,(H,23,27)/t16-,21-/m1/s1. The van der Waals surface area contributed by atoms with E-state index in [1.54, 1.807) is 24.3 Å². The van der Waals surface area contributed by atoms with E-state index in [9.17, 15) is 9.90 Å². The van der Waals surface area contributed by atoms with Crippen molar-refractivity contribution in [2.24, 2.45) is 0 Å². The lowest BCUT2D eigenvalue weighted by atomic mass is 10.0. The number of hydrogen-bond donors (Lipinski definition) is 2. The molecule has 2 aromatic heterocycles. The number of aliphatic hydroxyl groups excluding tert-OH is 1. The van der Waals surface area contributed by atoms with E-state index in [1.807, 2.05) is 17.5 Å². The molecule has 0 aliphatic carbocycles. The summed E-state index contributed by atoms with van der Waals surface area (Å²) in [5.74, 6) is 1.42. The summed E-state index contributed by atoms with van der Waals surface area (Å²) >= 11 is 1.51. The second kappa shape index (κ2) is 8.70. The molecule has 0 saturated carbocycles. The number of hydrogen-bond acceptors (Lipinski definition) is 8. The van der Waals surface area contributed by atoms with Crippen LogP contribution in [0.5, 0.6) is 11.5 Å². The van der Waals surface area contributed by atoms with Crippen molar-refractivity contribution in [1.29, 1.82) is 0 Å². The van der Waals surface area contributed by atoms with Gasteiger partial charge in [0.05, 0.1) is 10.9 Å². The van der Waals surface area contributed by atoms with Crippen LogP contribution < -0.4 is 14.8 Å². The third-order valence-electron chi connectivity index (χ3n) is 5.60. The molecule has 8 nitrogen and oxygen atoms in total. The van der Waals surface area contributed by atoms with Crippen LogP contribution in [0, 0.1) is 0 Å². The molecule has 5 rings (SSSR count). The van der Waals surface area contributed by atoms with Gasteiger partial charge in [0.15, 0.2) is 23.0 Å². The summed E-state index contributed by atoms with van der Waals surface area (Å²) in [4.78, 5) is 16.1. The Labute approximate surface area is 183 Å². The summed E-state index contributed by atoms with van der Waals surface area (Å²) in [6.07, 6.45) is 1.32. The number of aromatic nitrogens is 1. The van der Waals surface area contributed by atoms with Crippen LogP contribution in [0.3, 0.4) is 0 Å². The molecule has 2 aliphatic heterocycles. The molecule has 0 radical (unpaired) electrons. The highest BCUT2D eigenvalue weighted by atomic mass is 32.1. The topological polar surface area (TPSA) is 97.1 Å². The predicted molar refractivity (Wildman–Crippen MR) is 114 cm³/mol. The van der Waals surface area contributed by atoms with E-state index >= 15 is 0 Å². The fourth-order valence-electron chi connectivity index (χ4n) is 3.96. The number of ether oxygens (including phenoxy) is 2. The van der Waals surface area contributed by atoms with Crippen LogP contribution in [0.4, 0.5) is 0 Å². The maximum atomic E-state index is 12.9. The molecule has 0 unspecified atom stereocenters. The zero-order valence-electron chi connectivity index (χ0n) is 16.8. The van der Waals surface area contributed by atoms with Gasteiger partial charge in [-0.2, -0.15) is 0 Å². The van der Waals surface area contributed by atoms with Gasteiger partial charge in [-0.3, -0.25) is 4.79 Å². The Morgan fingerprint density at radius 2 is 2.03 bits per heavy atom. The fourth-order valence-corrected chi connectivity index (χ4v) is 4.63. The predicted octanol–water partition coefficient (Wildman–Crippen LogP) is 3.06. The first-order valence-electron chi connectivity index (χ1n) is 10.3. The normalized spacial score (nSPS) is 17.6. The fraction of sp³-hybridized carbons (Fsp3) is 0.364. The molecule has 0 spiro atoms. The highest BCUT2D eigenvalue weighted by Gasteiger charge is 2.29. The zero-order valence-corrected chi connectivity index (χ0v) is 17.6. The number of rotatable bonds is 7. The minimum Gasteiger partial charge on any atom is -0.454 e. The van der Waals surface area contributed by atoms with E-state index in [0.717, 1.165) is 30.8 Å². The number of fused-ring (bicyclic) bond motifs is 1. The largest absolute Gasteiger partial charge is 0.454 e. The van der Waals surface area contributed by atoms with Crippen molar-refractivity contribution in [3.8, 4) is 22.1 Å². The molecule has 2 aliphatic rings.